The number of aliphatic hydroxyl groups is 1. The molecule has 1 aromatic heterocycles. The van der Waals surface area contributed by atoms with Gasteiger partial charge in [0.15, 0.2) is 6.10 Å². The molecule has 9 heteroatoms. The largest absolute Gasteiger partial charge is 0.479 e. The molecule has 1 unspecified atom stereocenters. The van der Waals surface area contributed by atoms with Gasteiger partial charge in [-0.05, 0) is 6.92 Å². The van der Waals surface area contributed by atoms with E-state index < -0.39 is 18.1 Å². The number of nitrogens with one attached hydrogen (secondary N) is 2. The summed E-state index contributed by atoms with van der Waals surface area (Å²) in [5.41, 5.74) is 0. The number of anilines is 1. The van der Waals surface area contributed by atoms with Gasteiger partial charge in [0.2, 0.25) is 5.13 Å². The number of aliphatic hydroxyl groups excluding tert-OH is 1. The summed E-state index contributed by atoms with van der Waals surface area (Å²) in [4.78, 5) is 21.4. The van der Waals surface area contributed by atoms with Gasteiger partial charge in [-0.15, -0.1) is 10.2 Å². The number of carboxylic acid groups (broad SMARTS) is 1. The van der Waals surface area contributed by atoms with Crippen molar-refractivity contribution in [3.8, 4) is 0 Å². The highest BCUT2D eigenvalue weighted by Gasteiger charge is 2.14. The second-order valence-electron chi connectivity index (χ2n) is 2.82. The van der Waals surface area contributed by atoms with Crippen LogP contribution in [0.4, 0.5) is 9.93 Å². The maximum Gasteiger partial charge on any atom is 0.334 e. The molecule has 1 atom stereocenters. The van der Waals surface area contributed by atoms with Crippen LogP contribution in [-0.4, -0.2) is 45.1 Å². The minimum atomic E-state index is -1.62. The Balaban J connectivity index is 2.34. The lowest BCUT2D eigenvalue weighted by Gasteiger charge is -2.07. The molecule has 4 N–H and O–H groups in total. The molecule has 0 bridgehead atoms. The van der Waals surface area contributed by atoms with E-state index >= 15 is 0 Å². The van der Waals surface area contributed by atoms with Crippen LogP contribution in [0.2, 0.25) is 0 Å². The summed E-state index contributed by atoms with van der Waals surface area (Å²) in [7, 11) is 0. The molecule has 0 aromatic carbocycles. The lowest BCUT2D eigenvalue weighted by molar-refractivity contribution is -0.146. The number of carbonyl (C=O) groups is 2. The van der Waals surface area contributed by atoms with Crippen LogP contribution in [0.1, 0.15) is 5.01 Å². The monoisotopic (exact) mass is 246 g/mol. The molecule has 16 heavy (non-hydrogen) atoms. The molecular weight excluding hydrogens is 236 g/mol. The predicted octanol–water partition coefficient (Wildman–Crippen LogP) is -0.586. The third-order valence-electron chi connectivity index (χ3n) is 1.49. The Morgan fingerprint density at radius 3 is 2.69 bits per heavy atom. The average molecular weight is 246 g/mol. The molecular formula is C7H10N4O4S. The smallest absolute Gasteiger partial charge is 0.334 e. The van der Waals surface area contributed by atoms with E-state index in [1.54, 1.807) is 6.92 Å². The lowest BCUT2D eigenvalue weighted by Crippen LogP contribution is -2.38. The number of amides is 2. The molecule has 0 spiro atoms. The van der Waals surface area contributed by atoms with Gasteiger partial charge in [0, 0.05) is 0 Å². The van der Waals surface area contributed by atoms with Gasteiger partial charge in [-0.2, -0.15) is 0 Å². The zero-order chi connectivity index (χ0) is 12.1. The van der Waals surface area contributed by atoms with Crippen molar-refractivity contribution in [3.63, 3.8) is 0 Å². The molecule has 0 aliphatic rings. The minimum Gasteiger partial charge on any atom is -0.479 e. The SMILES string of the molecule is Cc1nnc(NC(=O)NCC(O)C(=O)O)s1. The van der Waals surface area contributed by atoms with Gasteiger partial charge in [-0.1, -0.05) is 11.3 Å². The second-order valence-corrected chi connectivity index (χ2v) is 4.00. The van der Waals surface area contributed by atoms with Crippen molar-refractivity contribution in [2.45, 2.75) is 13.0 Å². The van der Waals surface area contributed by atoms with E-state index in [9.17, 15) is 9.59 Å². The van der Waals surface area contributed by atoms with Crippen LogP contribution in [-0.2, 0) is 4.79 Å². The van der Waals surface area contributed by atoms with Gasteiger partial charge in [0.1, 0.15) is 5.01 Å². The van der Waals surface area contributed by atoms with Crippen LogP contribution in [0, 0.1) is 6.92 Å². The highest BCUT2D eigenvalue weighted by atomic mass is 32.1. The van der Waals surface area contributed by atoms with E-state index in [1.807, 2.05) is 0 Å². The van der Waals surface area contributed by atoms with E-state index in [4.69, 9.17) is 10.2 Å². The van der Waals surface area contributed by atoms with Crippen LogP contribution in [0.15, 0.2) is 0 Å². The number of carboxylic acids is 1. The molecule has 8 nitrogen and oxygen atoms in total. The van der Waals surface area contributed by atoms with Crippen LogP contribution < -0.4 is 10.6 Å². The summed E-state index contributed by atoms with van der Waals surface area (Å²) in [6, 6.07) is -0.642. The van der Waals surface area contributed by atoms with Gasteiger partial charge in [-0.3, -0.25) is 5.32 Å². The first-order valence-electron chi connectivity index (χ1n) is 4.25. The van der Waals surface area contributed by atoms with Crippen molar-refractivity contribution < 1.29 is 19.8 Å². The summed E-state index contributed by atoms with van der Waals surface area (Å²) >= 11 is 1.18. The molecule has 0 radical (unpaired) electrons. The van der Waals surface area contributed by atoms with E-state index in [-0.39, 0.29) is 6.54 Å². The first kappa shape index (κ1) is 12.3. The first-order valence-corrected chi connectivity index (χ1v) is 5.06. The van der Waals surface area contributed by atoms with Crippen LogP contribution >= 0.6 is 11.3 Å². The number of hydrogen-bond acceptors (Lipinski definition) is 6. The Hall–Kier alpha value is -1.74. The molecule has 2 amide bonds. The lowest BCUT2D eigenvalue weighted by atomic mass is 10.4. The topological polar surface area (TPSA) is 124 Å². The van der Waals surface area contributed by atoms with Crippen molar-refractivity contribution in [2.24, 2.45) is 0 Å². The number of nitrogens with zero attached hydrogens (tertiary/aromatic N) is 2. The van der Waals surface area contributed by atoms with E-state index in [0.29, 0.717) is 10.1 Å². The molecule has 1 rings (SSSR count). The molecule has 0 saturated heterocycles. The van der Waals surface area contributed by atoms with Gasteiger partial charge in [0.05, 0.1) is 6.54 Å². The Morgan fingerprint density at radius 2 is 2.19 bits per heavy atom. The van der Waals surface area contributed by atoms with E-state index in [1.165, 1.54) is 11.3 Å². The fourth-order valence-electron chi connectivity index (χ4n) is 0.765. The summed E-state index contributed by atoms with van der Waals surface area (Å²) in [6.45, 7) is 1.36. The third-order valence-corrected chi connectivity index (χ3v) is 2.24. The van der Waals surface area contributed by atoms with Crippen molar-refractivity contribution in [3.05, 3.63) is 5.01 Å². The van der Waals surface area contributed by atoms with Gasteiger partial charge < -0.3 is 15.5 Å². The second kappa shape index (κ2) is 5.37. The first-order chi connectivity index (χ1) is 7.49. The molecule has 0 fully saturated rings. The van der Waals surface area contributed by atoms with Crippen LogP contribution in [0.3, 0.4) is 0 Å². The van der Waals surface area contributed by atoms with Crippen LogP contribution in [0.5, 0.6) is 0 Å². The van der Waals surface area contributed by atoms with Gasteiger partial charge in [-0.25, -0.2) is 9.59 Å². The Kier molecular flexibility index (Phi) is 4.14. The highest BCUT2D eigenvalue weighted by Crippen LogP contribution is 2.12. The van der Waals surface area contributed by atoms with Crippen molar-refractivity contribution >= 4 is 28.5 Å². The minimum absolute atomic E-state index is 0.305. The van der Waals surface area contributed by atoms with Gasteiger partial charge in [0.25, 0.3) is 0 Å². The maximum absolute atomic E-state index is 11.2. The molecule has 0 aliphatic carbocycles. The third kappa shape index (κ3) is 3.79. The number of carbonyl (C=O) groups excluding carboxylic acids is 1. The highest BCUT2D eigenvalue weighted by molar-refractivity contribution is 7.15. The summed E-state index contributed by atoms with van der Waals surface area (Å²) < 4.78 is 0. The number of rotatable bonds is 4. The number of hydrogen-bond donors (Lipinski definition) is 4. The maximum atomic E-state index is 11.2. The Bertz CT molecular complexity index is 393. The standard InChI is InChI=1S/C7H10N4O4S/c1-3-10-11-7(16-3)9-6(15)8-2-4(12)5(13)14/h4,12H,2H2,1H3,(H,13,14)(H2,8,9,11,15). The summed E-state index contributed by atoms with van der Waals surface area (Å²) in [6.07, 6.45) is -1.62. The molecule has 0 saturated carbocycles. The fourth-order valence-corrected chi connectivity index (χ4v) is 1.35. The van der Waals surface area contributed by atoms with Crippen molar-refractivity contribution in [1.29, 1.82) is 0 Å². The molecule has 1 heterocycles. The van der Waals surface area contributed by atoms with E-state index in [0.717, 1.165) is 0 Å². The zero-order valence-electron chi connectivity index (χ0n) is 8.30. The Morgan fingerprint density at radius 1 is 1.50 bits per heavy atom. The average Bonchev–Trinajstić information content (AvgIpc) is 2.60. The predicted molar refractivity (Wildman–Crippen MR) is 55.3 cm³/mol. The number of aryl methyl sites for hydroxylation is 1. The zero-order valence-corrected chi connectivity index (χ0v) is 9.11. The summed E-state index contributed by atoms with van der Waals surface area (Å²) in [5.74, 6) is -1.40. The molecule has 88 valence electrons. The molecule has 0 aliphatic heterocycles. The van der Waals surface area contributed by atoms with E-state index in [2.05, 4.69) is 20.8 Å². The number of aromatic nitrogens is 2. The fraction of sp³-hybridized carbons (Fsp3) is 0.429. The van der Waals surface area contributed by atoms with Crippen molar-refractivity contribution in [2.75, 3.05) is 11.9 Å². The summed E-state index contributed by atoms with van der Waals surface area (Å²) in [5, 5.41) is 30.1. The van der Waals surface area contributed by atoms with Crippen molar-refractivity contribution in [1.82, 2.24) is 15.5 Å². The number of urea groups is 1. The van der Waals surface area contributed by atoms with Crippen LogP contribution in [0.25, 0.3) is 0 Å². The normalized spacial score (nSPS) is 11.9. The quantitative estimate of drug-likeness (QED) is 0.563. The Labute approximate surface area is 94.3 Å². The molecule has 1 aromatic rings. The number of aliphatic carboxylic acids is 1. The van der Waals surface area contributed by atoms with Gasteiger partial charge >= 0.3 is 12.0 Å².